The van der Waals surface area contributed by atoms with E-state index < -0.39 is 0 Å². The summed E-state index contributed by atoms with van der Waals surface area (Å²) in [6.07, 6.45) is 5.90. The summed E-state index contributed by atoms with van der Waals surface area (Å²) < 4.78 is 0. The average molecular weight is 190 g/mol. The van der Waals surface area contributed by atoms with Crippen LogP contribution in [0.3, 0.4) is 0 Å². The van der Waals surface area contributed by atoms with Crippen LogP contribution in [0.15, 0.2) is 29.7 Å². The molecule has 0 radical (unpaired) electrons. The lowest BCUT2D eigenvalue weighted by atomic mass is 10.1. The second kappa shape index (κ2) is 4.33. The normalized spacial score (nSPS) is 11.7. The topological polar surface area (TPSA) is 0 Å². The summed E-state index contributed by atoms with van der Waals surface area (Å²) in [5.74, 6) is 0. The van der Waals surface area contributed by atoms with Gasteiger partial charge in [0.1, 0.15) is 0 Å². The first-order valence-electron chi connectivity index (χ1n) is 4.16. The lowest BCUT2D eigenvalue weighted by Gasteiger charge is -2.02. The first-order chi connectivity index (χ1) is 6.20. The lowest BCUT2D eigenvalue weighted by Crippen LogP contribution is -2.25. The highest BCUT2D eigenvalue weighted by atomic mass is 32.2. The summed E-state index contributed by atoms with van der Waals surface area (Å²) in [7, 11) is 0. The van der Waals surface area contributed by atoms with Gasteiger partial charge in [-0.3, -0.25) is 0 Å². The van der Waals surface area contributed by atoms with Gasteiger partial charge in [-0.2, -0.15) is 0 Å². The van der Waals surface area contributed by atoms with Crippen LogP contribution < -0.4 is 10.4 Å². The Morgan fingerprint density at radius 3 is 2.62 bits per heavy atom. The van der Waals surface area contributed by atoms with E-state index in [1.165, 1.54) is 15.7 Å². The van der Waals surface area contributed by atoms with E-state index in [-0.39, 0.29) is 0 Å². The predicted octanol–water partition coefficient (Wildman–Crippen LogP) is 2.09. The van der Waals surface area contributed by atoms with E-state index in [9.17, 15) is 0 Å². The SMILES string of the molecule is C=C/C=c1/c(C)c(SC)ccc1=C. The molecule has 0 unspecified atom stereocenters. The van der Waals surface area contributed by atoms with Gasteiger partial charge in [-0.25, -0.2) is 0 Å². The maximum absolute atomic E-state index is 3.99. The van der Waals surface area contributed by atoms with E-state index in [0.717, 1.165) is 5.22 Å². The molecule has 0 spiro atoms. The number of hydrogen-bond donors (Lipinski definition) is 0. The Balaban J connectivity index is 3.57. The molecule has 0 aliphatic heterocycles. The zero-order valence-corrected chi connectivity index (χ0v) is 8.95. The minimum absolute atomic E-state index is 1.07. The average Bonchev–Trinajstić information content (AvgIpc) is 2.12. The molecule has 1 heteroatoms. The van der Waals surface area contributed by atoms with Crippen LogP contribution in [-0.4, -0.2) is 6.26 Å². The van der Waals surface area contributed by atoms with Crippen molar-refractivity contribution in [1.82, 2.24) is 0 Å². The fraction of sp³-hybridized carbons (Fsp3) is 0.167. The van der Waals surface area contributed by atoms with Gasteiger partial charge >= 0.3 is 0 Å². The maximum atomic E-state index is 3.99. The van der Waals surface area contributed by atoms with Crippen LogP contribution >= 0.6 is 11.8 Å². The molecule has 0 amide bonds. The third-order valence-corrected chi connectivity index (χ3v) is 2.94. The van der Waals surface area contributed by atoms with Gasteiger partial charge in [0.25, 0.3) is 0 Å². The summed E-state index contributed by atoms with van der Waals surface area (Å²) >= 11 is 1.76. The number of allylic oxidation sites excluding steroid dienone is 1. The van der Waals surface area contributed by atoms with Gasteiger partial charge in [0, 0.05) is 4.90 Å². The number of rotatable bonds is 2. The third-order valence-electron chi connectivity index (χ3n) is 2.06. The molecule has 0 saturated carbocycles. The van der Waals surface area contributed by atoms with Gasteiger partial charge < -0.3 is 0 Å². The Bertz CT molecular complexity index is 415. The maximum Gasteiger partial charge on any atom is 0.0105 e. The highest BCUT2D eigenvalue weighted by molar-refractivity contribution is 7.98. The first-order valence-corrected chi connectivity index (χ1v) is 5.38. The summed E-state index contributed by atoms with van der Waals surface area (Å²) in [5, 5.41) is 2.26. The monoisotopic (exact) mass is 190 g/mol. The zero-order valence-electron chi connectivity index (χ0n) is 8.13. The zero-order chi connectivity index (χ0) is 9.84. The van der Waals surface area contributed by atoms with Crippen LogP contribution in [-0.2, 0) is 0 Å². The molecule has 1 aromatic carbocycles. The Labute approximate surface area is 83.7 Å². The molecule has 1 rings (SSSR count). The fourth-order valence-electron chi connectivity index (χ4n) is 1.34. The van der Waals surface area contributed by atoms with Gasteiger partial charge in [-0.15, -0.1) is 11.8 Å². The molecule has 1 aromatic rings. The molecule has 0 fully saturated rings. The molecular formula is C12H14S. The summed E-state index contributed by atoms with van der Waals surface area (Å²) in [6, 6.07) is 4.16. The van der Waals surface area contributed by atoms with E-state index in [2.05, 4.69) is 32.4 Å². The minimum atomic E-state index is 1.07. The van der Waals surface area contributed by atoms with Crippen molar-refractivity contribution >= 4 is 24.4 Å². The summed E-state index contributed by atoms with van der Waals surface area (Å²) in [5.41, 5.74) is 1.29. The van der Waals surface area contributed by atoms with E-state index >= 15 is 0 Å². The van der Waals surface area contributed by atoms with Crippen molar-refractivity contribution in [2.24, 2.45) is 0 Å². The molecule has 0 saturated heterocycles. The molecule has 0 atom stereocenters. The van der Waals surface area contributed by atoms with Crippen LogP contribution in [0.25, 0.3) is 12.7 Å². The van der Waals surface area contributed by atoms with Crippen molar-refractivity contribution in [3.63, 3.8) is 0 Å². The molecule has 0 nitrogen and oxygen atoms in total. The standard InChI is InChI=1S/C12H14S/c1-5-6-11-9(2)7-8-12(13-4)10(11)3/h5-8H,1-2H2,3-4H3/b11-6+. The highest BCUT2D eigenvalue weighted by Crippen LogP contribution is 2.14. The van der Waals surface area contributed by atoms with E-state index in [4.69, 9.17) is 0 Å². The van der Waals surface area contributed by atoms with Crippen molar-refractivity contribution < 1.29 is 0 Å². The van der Waals surface area contributed by atoms with Crippen LogP contribution in [0, 0.1) is 6.92 Å². The van der Waals surface area contributed by atoms with Crippen molar-refractivity contribution in [3.05, 3.63) is 40.8 Å². The molecule has 0 aromatic heterocycles. The summed E-state index contributed by atoms with van der Waals surface area (Å²) in [4.78, 5) is 1.31. The van der Waals surface area contributed by atoms with Crippen molar-refractivity contribution in [1.29, 1.82) is 0 Å². The van der Waals surface area contributed by atoms with Gasteiger partial charge in [0.2, 0.25) is 0 Å². The molecule has 0 aliphatic carbocycles. The van der Waals surface area contributed by atoms with E-state index in [1.54, 1.807) is 17.8 Å². The van der Waals surface area contributed by atoms with E-state index in [1.807, 2.05) is 12.1 Å². The van der Waals surface area contributed by atoms with Crippen molar-refractivity contribution in [2.75, 3.05) is 6.26 Å². The number of thioether (sulfide) groups is 1. The quantitative estimate of drug-likeness (QED) is 0.644. The van der Waals surface area contributed by atoms with Gasteiger partial charge in [-0.05, 0) is 35.2 Å². The largest absolute Gasteiger partial charge is 0.129 e. The van der Waals surface area contributed by atoms with Gasteiger partial charge in [-0.1, -0.05) is 31.4 Å². The molecular weight excluding hydrogens is 176 g/mol. The van der Waals surface area contributed by atoms with Crippen LogP contribution in [0.1, 0.15) is 5.56 Å². The molecule has 0 bridgehead atoms. The fourth-order valence-corrected chi connectivity index (χ4v) is 1.96. The number of benzene rings is 1. The van der Waals surface area contributed by atoms with Crippen LogP contribution in [0.5, 0.6) is 0 Å². The first kappa shape index (κ1) is 10.1. The minimum Gasteiger partial charge on any atom is -0.129 e. The van der Waals surface area contributed by atoms with Gasteiger partial charge in [0.15, 0.2) is 0 Å². The Kier molecular flexibility index (Phi) is 3.38. The molecule has 0 aliphatic rings. The molecule has 0 N–H and O–H groups in total. The smallest absolute Gasteiger partial charge is 0.0105 e. The number of hydrogen-bond acceptors (Lipinski definition) is 1. The van der Waals surface area contributed by atoms with Crippen LogP contribution in [0.4, 0.5) is 0 Å². The van der Waals surface area contributed by atoms with E-state index in [0.29, 0.717) is 0 Å². The lowest BCUT2D eigenvalue weighted by molar-refractivity contribution is 1.25. The van der Waals surface area contributed by atoms with Crippen LogP contribution in [0.2, 0.25) is 0 Å². The second-order valence-electron chi connectivity index (χ2n) is 2.87. The predicted molar refractivity (Wildman–Crippen MR) is 62.4 cm³/mol. The van der Waals surface area contributed by atoms with Crippen molar-refractivity contribution in [3.8, 4) is 0 Å². The Hall–Kier alpha value is -0.950. The Morgan fingerprint density at radius 2 is 2.08 bits per heavy atom. The highest BCUT2D eigenvalue weighted by Gasteiger charge is 1.96. The summed E-state index contributed by atoms with van der Waals surface area (Å²) in [6.45, 7) is 9.81. The Morgan fingerprint density at radius 1 is 1.38 bits per heavy atom. The molecule has 13 heavy (non-hydrogen) atoms. The van der Waals surface area contributed by atoms with Crippen molar-refractivity contribution in [2.45, 2.75) is 11.8 Å². The molecule has 0 heterocycles. The molecule has 68 valence electrons. The van der Waals surface area contributed by atoms with Gasteiger partial charge in [0.05, 0.1) is 0 Å². The third kappa shape index (κ3) is 2.04. The second-order valence-corrected chi connectivity index (χ2v) is 3.72.